The molecule has 0 amide bonds. The van der Waals surface area contributed by atoms with Gasteiger partial charge in [0, 0.05) is 33.5 Å². The molecule has 1 aromatic heterocycles. The van der Waals surface area contributed by atoms with E-state index in [-0.39, 0.29) is 5.41 Å². The zero-order chi connectivity index (χ0) is 31.3. The van der Waals surface area contributed by atoms with Crippen LogP contribution < -0.4 is 4.90 Å². The molecule has 0 N–H and O–H groups in total. The molecule has 0 atom stereocenters. The second-order valence-electron chi connectivity index (χ2n) is 13.1. The largest absolute Gasteiger partial charge is 0.311 e. The summed E-state index contributed by atoms with van der Waals surface area (Å²) in [5, 5.41) is 5.15. The molecule has 0 aliphatic rings. The van der Waals surface area contributed by atoms with E-state index < -0.39 is 0 Å². The van der Waals surface area contributed by atoms with E-state index in [2.05, 4.69) is 194 Å². The number of fused-ring (bicyclic) bond motifs is 5. The van der Waals surface area contributed by atoms with Gasteiger partial charge < -0.3 is 9.47 Å². The number of nitrogens with zero attached hydrogens (tertiary/aromatic N) is 2. The van der Waals surface area contributed by atoms with Crippen LogP contribution in [0.4, 0.5) is 17.1 Å². The van der Waals surface area contributed by atoms with Gasteiger partial charge in [0.15, 0.2) is 0 Å². The lowest BCUT2D eigenvalue weighted by atomic mass is 9.87. The Hall–Kier alpha value is -5.60. The molecule has 222 valence electrons. The number of aromatic nitrogens is 1. The molecular weight excluding hydrogens is 556 g/mol. The summed E-state index contributed by atoms with van der Waals surface area (Å²) >= 11 is 0. The fourth-order valence-corrected chi connectivity index (χ4v) is 6.76. The molecule has 0 aliphatic heterocycles. The van der Waals surface area contributed by atoms with Crippen LogP contribution in [0, 0.1) is 0 Å². The highest BCUT2D eigenvalue weighted by molar-refractivity contribution is 6.21. The van der Waals surface area contributed by atoms with Crippen LogP contribution in [0.3, 0.4) is 0 Å². The first kappa shape index (κ1) is 27.9. The summed E-state index contributed by atoms with van der Waals surface area (Å²) < 4.78 is 2.40. The Bertz CT molecular complexity index is 2300. The van der Waals surface area contributed by atoms with E-state index in [1.165, 1.54) is 49.3 Å². The smallest absolute Gasteiger partial charge is 0.0547 e. The summed E-state index contributed by atoms with van der Waals surface area (Å²) in [4.78, 5) is 2.32. The molecule has 1 heterocycles. The highest BCUT2D eigenvalue weighted by Crippen LogP contribution is 2.39. The molecule has 2 heteroatoms. The molecule has 0 fully saturated rings. The third-order valence-corrected chi connectivity index (χ3v) is 9.15. The van der Waals surface area contributed by atoms with Crippen LogP contribution in [0.2, 0.25) is 0 Å². The predicted octanol–water partition coefficient (Wildman–Crippen LogP) is 12.4. The van der Waals surface area contributed by atoms with E-state index in [0.717, 1.165) is 22.7 Å². The second kappa shape index (κ2) is 11.1. The normalized spacial score (nSPS) is 11.8. The number of hydrogen-bond acceptors (Lipinski definition) is 1. The Morgan fingerprint density at radius 2 is 0.978 bits per heavy atom. The van der Waals surface area contributed by atoms with Gasteiger partial charge in [-0.3, -0.25) is 0 Å². The molecule has 0 saturated heterocycles. The topological polar surface area (TPSA) is 8.17 Å². The Morgan fingerprint density at radius 3 is 1.65 bits per heavy atom. The van der Waals surface area contributed by atoms with Crippen molar-refractivity contribution in [2.24, 2.45) is 0 Å². The zero-order valence-corrected chi connectivity index (χ0v) is 26.5. The van der Waals surface area contributed by atoms with Crippen LogP contribution in [0.25, 0.3) is 49.4 Å². The number of rotatable bonds is 5. The lowest BCUT2D eigenvalue weighted by Gasteiger charge is -2.27. The predicted molar refractivity (Wildman–Crippen MR) is 197 cm³/mol. The Labute approximate surface area is 270 Å². The fraction of sp³-hybridized carbons (Fsp3) is 0.0909. The minimum atomic E-state index is 0.114. The Balaban J connectivity index is 1.15. The number of benzene rings is 7. The first-order valence-electron chi connectivity index (χ1n) is 16.0. The van der Waals surface area contributed by atoms with Crippen molar-refractivity contribution in [1.82, 2.24) is 4.57 Å². The highest BCUT2D eigenvalue weighted by Gasteiger charge is 2.17. The summed E-state index contributed by atoms with van der Waals surface area (Å²) in [5.74, 6) is 0. The van der Waals surface area contributed by atoms with Gasteiger partial charge >= 0.3 is 0 Å². The minimum absolute atomic E-state index is 0.114. The maximum absolute atomic E-state index is 2.40. The molecule has 46 heavy (non-hydrogen) atoms. The van der Waals surface area contributed by atoms with Gasteiger partial charge in [0.2, 0.25) is 0 Å². The third kappa shape index (κ3) is 4.83. The van der Waals surface area contributed by atoms with Gasteiger partial charge in [-0.15, -0.1) is 0 Å². The molecule has 0 aliphatic carbocycles. The third-order valence-electron chi connectivity index (χ3n) is 9.15. The van der Waals surface area contributed by atoms with Crippen LogP contribution >= 0.6 is 0 Å². The molecular formula is C44H36N2. The summed E-state index contributed by atoms with van der Waals surface area (Å²) in [6.45, 7) is 6.77. The van der Waals surface area contributed by atoms with E-state index in [9.17, 15) is 0 Å². The monoisotopic (exact) mass is 592 g/mol. The van der Waals surface area contributed by atoms with E-state index in [1.54, 1.807) is 0 Å². The maximum Gasteiger partial charge on any atom is 0.0547 e. The molecule has 0 spiro atoms. The van der Waals surface area contributed by atoms with Gasteiger partial charge in [0.25, 0.3) is 0 Å². The number of hydrogen-bond donors (Lipinski definition) is 0. The average molecular weight is 593 g/mol. The van der Waals surface area contributed by atoms with Crippen molar-refractivity contribution in [3.63, 3.8) is 0 Å². The van der Waals surface area contributed by atoms with Crippen molar-refractivity contribution in [2.75, 3.05) is 4.90 Å². The fourth-order valence-electron chi connectivity index (χ4n) is 6.76. The van der Waals surface area contributed by atoms with E-state index in [0.29, 0.717) is 0 Å². The first-order valence-corrected chi connectivity index (χ1v) is 16.0. The van der Waals surface area contributed by atoms with Crippen molar-refractivity contribution in [2.45, 2.75) is 26.2 Å². The van der Waals surface area contributed by atoms with Gasteiger partial charge in [0.1, 0.15) is 0 Å². The van der Waals surface area contributed by atoms with Gasteiger partial charge in [-0.1, -0.05) is 124 Å². The van der Waals surface area contributed by atoms with Gasteiger partial charge in [-0.05, 0) is 93.5 Å². The van der Waals surface area contributed by atoms with E-state index in [1.807, 2.05) is 0 Å². The van der Waals surface area contributed by atoms with Crippen molar-refractivity contribution in [3.8, 4) is 16.8 Å². The number of anilines is 3. The van der Waals surface area contributed by atoms with Crippen LogP contribution in [-0.2, 0) is 5.41 Å². The SMILES string of the molecule is CC(C)(C)c1ccc(N(c2ccccc2)c2ccc(-c3ccc(-n4c5ccccc5c5c6ccccc6ccc54)cc3)cc2)cc1. The van der Waals surface area contributed by atoms with Crippen LogP contribution in [0.5, 0.6) is 0 Å². The molecule has 0 bridgehead atoms. The summed E-state index contributed by atoms with van der Waals surface area (Å²) in [7, 11) is 0. The highest BCUT2D eigenvalue weighted by atomic mass is 15.1. The quantitative estimate of drug-likeness (QED) is 0.193. The van der Waals surface area contributed by atoms with E-state index >= 15 is 0 Å². The Kier molecular flexibility index (Phi) is 6.73. The molecule has 8 aromatic rings. The standard InChI is InChI=1S/C44H36N2/c1-44(2,3)34-22-28-37(29-23-34)45(35-12-5-4-6-13-35)36-24-17-31(18-25-36)32-19-26-38(27-20-32)46-41-16-10-9-15-40(41)43-39-14-8-7-11-33(39)21-30-42(43)46/h4-30H,1-3H3. The average Bonchev–Trinajstić information content (AvgIpc) is 3.44. The van der Waals surface area contributed by atoms with Crippen molar-refractivity contribution >= 4 is 49.6 Å². The van der Waals surface area contributed by atoms with Gasteiger partial charge in [-0.25, -0.2) is 0 Å². The number of para-hydroxylation sites is 2. The van der Waals surface area contributed by atoms with Gasteiger partial charge in [-0.2, -0.15) is 0 Å². The van der Waals surface area contributed by atoms with Crippen LogP contribution in [0.15, 0.2) is 164 Å². The molecule has 7 aromatic carbocycles. The Morgan fingerprint density at radius 1 is 0.435 bits per heavy atom. The van der Waals surface area contributed by atoms with Crippen LogP contribution in [0.1, 0.15) is 26.3 Å². The maximum atomic E-state index is 2.40. The summed E-state index contributed by atoms with van der Waals surface area (Å²) in [5.41, 5.74) is 10.9. The summed E-state index contributed by atoms with van der Waals surface area (Å²) in [6.07, 6.45) is 0. The molecule has 0 saturated carbocycles. The molecule has 0 unspecified atom stereocenters. The lowest BCUT2D eigenvalue weighted by molar-refractivity contribution is 0.590. The second-order valence-corrected chi connectivity index (χ2v) is 13.1. The zero-order valence-electron chi connectivity index (χ0n) is 26.5. The minimum Gasteiger partial charge on any atom is -0.311 e. The molecule has 2 nitrogen and oxygen atoms in total. The van der Waals surface area contributed by atoms with Crippen molar-refractivity contribution in [3.05, 3.63) is 169 Å². The van der Waals surface area contributed by atoms with Crippen molar-refractivity contribution < 1.29 is 0 Å². The van der Waals surface area contributed by atoms with E-state index in [4.69, 9.17) is 0 Å². The molecule has 0 radical (unpaired) electrons. The molecule has 8 rings (SSSR count). The lowest BCUT2D eigenvalue weighted by Crippen LogP contribution is -2.13. The van der Waals surface area contributed by atoms with Crippen LogP contribution in [-0.4, -0.2) is 4.57 Å². The van der Waals surface area contributed by atoms with Crippen molar-refractivity contribution in [1.29, 1.82) is 0 Å². The summed E-state index contributed by atoms with van der Waals surface area (Å²) in [6, 6.07) is 59.4. The first-order chi connectivity index (χ1) is 22.5. The van der Waals surface area contributed by atoms with Gasteiger partial charge in [0.05, 0.1) is 11.0 Å².